The number of benzene rings is 1. The highest BCUT2D eigenvalue weighted by molar-refractivity contribution is 7.89. The highest BCUT2D eigenvalue weighted by atomic mass is 32.2. The van der Waals surface area contributed by atoms with E-state index in [4.69, 9.17) is 4.74 Å². The van der Waals surface area contributed by atoms with Crippen LogP contribution in [0.5, 0.6) is 0 Å². The number of thiophene rings is 1. The van der Waals surface area contributed by atoms with Gasteiger partial charge in [0.05, 0.1) is 17.6 Å². The largest absolute Gasteiger partial charge is 0.465 e. The maximum Gasteiger partial charge on any atom is 0.324 e. The summed E-state index contributed by atoms with van der Waals surface area (Å²) in [6.07, 6.45) is 1.10. The number of hydrogen-bond donors (Lipinski definition) is 0. The zero-order valence-electron chi connectivity index (χ0n) is 16.5. The van der Waals surface area contributed by atoms with Gasteiger partial charge in [-0.25, -0.2) is 8.42 Å². The fraction of sp³-hybridized carbons (Fsp3) is 0.429. The Hall–Kier alpha value is -2.21. The standard InChI is InChI=1S/C21H24N2O4S2/c1-3-27-20(24)18(14-22)21(19-6-4-13-28-19)11-5-12-23(15-21)29(25,26)17-9-7-16(2)8-10-17/h4,6-10,13,18H,3,5,11-12,15H2,1-2H3. The van der Waals surface area contributed by atoms with E-state index in [1.54, 1.807) is 31.2 Å². The average Bonchev–Trinajstić information content (AvgIpc) is 3.25. The third-order valence-corrected chi connectivity index (χ3v) is 8.31. The number of esters is 1. The van der Waals surface area contributed by atoms with Gasteiger partial charge in [-0.1, -0.05) is 23.8 Å². The fourth-order valence-electron chi connectivity index (χ4n) is 3.88. The SMILES string of the molecule is CCOC(=O)C(C#N)C1(c2cccs2)CCCN(S(=O)(=O)c2ccc(C)cc2)C1. The van der Waals surface area contributed by atoms with Gasteiger partial charge in [0.1, 0.15) is 0 Å². The lowest BCUT2D eigenvalue weighted by atomic mass is 9.69. The number of hydrogen-bond acceptors (Lipinski definition) is 6. The Morgan fingerprint density at radius 2 is 2.07 bits per heavy atom. The number of carbonyl (C=O) groups is 1. The van der Waals surface area contributed by atoms with Crippen LogP contribution in [-0.2, 0) is 25.0 Å². The minimum absolute atomic E-state index is 0.0702. The van der Waals surface area contributed by atoms with Crippen molar-refractivity contribution in [2.24, 2.45) is 5.92 Å². The molecule has 1 aliphatic heterocycles. The molecule has 1 aliphatic rings. The highest BCUT2D eigenvalue weighted by Gasteiger charge is 2.51. The predicted octanol–water partition coefficient (Wildman–Crippen LogP) is 3.48. The molecule has 2 heterocycles. The van der Waals surface area contributed by atoms with Gasteiger partial charge in [-0.15, -0.1) is 11.3 Å². The van der Waals surface area contributed by atoms with Crippen molar-refractivity contribution in [2.75, 3.05) is 19.7 Å². The number of rotatable bonds is 6. The van der Waals surface area contributed by atoms with Crippen LogP contribution in [0, 0.1) is 24.2 Å². The van der Waals surface area contributed by atoms with E-state index in [9.17, 15) is 18.5 Å². The van der Waals surface area contributed by atoms with Crippen LogP contribution in [-0.4, -0.2) is 38.4 Å². The molecule has 2 aromatic rings. The van der Waals surface area contributed by atoms with E-state index in [1.165, 1.54) is 15.6 Å². The van der Waals surface area contributed by atoms with Gasteiger partial charge in [0.25, 0.3) is 0 Å². The molecule has 8 heteroatoms. The van der Waals surface area contributed by atoms with Gasteiger partial charge in [-0.2, -0.15) is 9.57 Å². The number of nitriles is 1. The Bertz CT molecular complexity index is 994. The number of ether oxygens (including phenoxy) is 1. The minimum Gasteiger partial charge on any atom is -0.465 e. The second-order valence-corrected chi connectivity index (χ2v) is 10.1. The van der Waals surface area contributed by atoms with Crippen LogP contribution in [0.4, 0.5) is 0 Å². The zero-order chi connectivity index (χ0) is 21.1. The Balaban J connectivity index is 2.04. The normalized spacial score (nSPS) is 21.3. The van der Waals surface area contributed by atoms with Crippen molar-refractivity contribution in [1.29, 1.82) is 5.26 Å². The third-order valence-electron chi connectivity index (χ3n) is 5.36. The Morgan fingerprint density at radius 1 is 1.34 bits per heavy atom. The monoisotopic (exact) mass is 432 g/mol. The third kappa shape index (κ3) is 4.08. The van der Waals surface area contributed by atoms with Crippen molar-refractivity contribution >= 4 is 27.3 Å². The van der Waals surface area contributed by atoms with Gasteiger partial charge < -0.3 is 4.74 Å². The molecule has 0 radical (unpaired) electrons. The molecule has 0 spiro atoms. The molecule has 154 valence electrons. The lowest BCUT2D eigenvalue weighted by Gasteiger charge is -2.43. The van der Waals surface area contributed by atoms with Gasteiger partial charge in [0.2, 0.25) is 10.0 Å². The summed E-state index contributed by atoms with van der Waals surface area (Å²) >= 11 is 1.44. The lowest BCUT2D eigenvalue weighted by molar-refractivity contribution is -0.148. The van der Waals surface area contributed by atoms with E-state index in [2.05, 4.69) is 6.07 Å². The van der Waals surface area contributed by atoms with E-state index < -0.39 is 27.3 Å². The number of sulfonamides is 1. The molecule has 6 nitrogen and oxygen atoms in total. The van der Waals surface area contributed by atoms with E-state index in [1.807, 2.05) is 24.4 Å². The summed E-state index contributed by atoms with van der Waals surface area (Å²) in [6, 6.07) is 12.6. The number of carbonyl (C=O) groups excluding carboxylic acids is 1. The molecule has 0 bridgehead atoms. The minimum atomic E-state index is -3.74. The molecule has 0 amide bonds. The molecule has 29 heavy (non-hydrogen) atoms. The van der Waals surface area contributed by atoms with Crippen LogP contribution < -0.4 is 0 Å². The van der Waals surface area contributed by atoms with Gasteiger partial charge in [-0.3, -0.25) is 4.79 Å². The average molecular weight is 433 g/mol. The van der Waals surface area contributed by atoms with Crippen LogP contribution in [0.3, 0.4) is 0 Å². The van der Waals surface area contributed by atoms with Crippen molar-refractivity contribution in [3.63, 3.8) is 0 Å². The first kappa shape index (κ1) is 21.5. The lowest BCUT2D eigenvalue weighted by Crippen LogP contribution is -2.53. The van der Waals surface area contributed by atoms with Crippen molar-refractivity contribution in [3.8, 4) is 6.07 Å². The van der Waals surface area contributed by atoms with Crippen LogP contribution in [0.25, 0.3) is 0 Å². The van der Waals surface area contributed by atoms with Gasteiger partial charge in [0, 0.05) is 23.4 Å². The molecule has 1 aromatic heterocycles. The van der Waals surface area contributed by atoms with Crippen molar-refractivity contribution in [2.45, 2.75) is 37.0 Å². The van der Waals surface area contributed by atoms with Gasteiger partial charge in [-0.05, 0) is 50.3 Å². The maximum absolute atomic E-state index is 13.3. The van der Waals surface area contributed by atoms with Crippen LogP contribution >= 0.6 is 11.3 Å². The molecule has 2 atom stereocenters. The van der Waals surface area contributed by atoms with Crippen molar-refractivity contribution < 1.29 is 17.9 Å². The van der Waals surface area contributed by atoms with Crippen molar-refractivity contribution in [1.82, 2.24) is 4.31 Å². The van der Waals surface area contributed by atoms with Gasteiger partial charge in [0.15, 0.2) is 5.92 Å². The first-order chi connectivity index (χ1) is 13.8. The van der Waals surface area contributed by atoms with E-state index in [0.29, 0.717) is 19.4 Å². The summed E-state index contributed by atoms with van der Waals surface area (Å²) in [5.41, 5.74) is 0.0490. The van der Waals surface area contributed by atoms with E-state index in [-0.39, 0.29) is 18.0 Å². The Labute approximate surface area is 175 Å². The summed E-state index contributed by atoms with van der Waals surface area (Å²) in [7, 11) is -3.74. The molecule has 1 fully saturated rings. The summed E-state index contributed by atoms with van der Waals surface area (Å²) in [4.78, 5) is 13.7. The molecule has 1 aromatic carbocycles. The molecule has 1 saturated heterocycles. The van der Waals surface area contributed by atoms with Crippen LogP contribution in [0.15, 0.2) is 46.7 Å². The summed E-state index contributed by atoms with van der Waals surface area (Å²) in [5.74, 6) is -1.67. The number of nitrogens with zero attached hydrogens (tertiary/aromatic N) is 2. The number of aryl methyl sites for hydroxylation is 1. The van der Waals surface area contributed by atoms with E-state index >= 15 is 0 Å². The second-order valence-electron chi connectivity index (χ2n) is 7.20. The molecular formula is C21H24N2O4S2. The molecular weight excluding hydrogens is 408 g/mol. The second kappa shape index (κ2) is 8.66. The van der Waals surface area contributed by atoms with E-state index in [0.717, 1.165) is 10.4 Å². The predicted molar refractivity (Wildman–Crippen MR) is 111 cm³/mol. The summed E-state index contributed by atoms with van der Waals surface area (Å²) in [5, 5.41) is 11.7. The molecule has 0 saturated carbocycles. The number of piperidine rings is 1. The summed E-state index contributed by atoms with van der Waals surface area (Å²) < 4.78 is 33.2. The van der Waals surface area contributed by atoms with Crippen molar-refractivity contribution in [3.05, 3.63) is 52.2 Å². The Morgan fingerprint density at radius 3 is 2.66 bits per heavy atom. The quantitative estimate of drug-likeness (QED) is 0.652. The highest BCUT2D eigenvalue weighted by Crippen LogP contribution is 2.44. The molecule has 0 N–H and O–H groups in total. The zero-order valence-corrected chi connectivity index (χ0v) is 18.1. The topological polar surface area (TPSA) is 87.5 Å². The Kier molecular flexibility index (Phi) is 6.42. The maximum atomic E-state index is 13.3. The molecule has 0 aliphatic carbocycles. The molecule has 3 rings (SSSR count). The molecule has 2 unspecified atom stereocenters. The van der Waals surface area contributed by atoms with Crippen LogP contribution in [0.1, 0.15) is 30.2 Å². The smallest absolute Gasteiger partial charge is 0.324 e. The summed E-state index contributed by atoms with van der Waals surface area (Å²) in [6.45, 7) is 4.18. The first-order valence-corrected chi connectivity index (χ1v) is 11.8. The fourth-order valence-corrected chi connectivity index (χ4v) is 6.40. The first-order valence-electron chi connectivity index (χ1n) is 9.52. The van der Waals surface area contributed by atoms with Gasteiger partial charge >= 0.3 is 5.97 Å². The van der Waals surface area contributed by atoms with Crippen LogP contribution in [0.2, 0.25) is 0 Å².